The Morgan fingerprint density at radius 2 is 0.608 bits per heavy atom. The molecule has 0 radical (unpaired) electrons. The first-order valence-corrected chi connectivity index (χ1v) is 32.7. The van der Waals surface area contributed by atoms with E-state index >= 15 is 0 Å². The zero-order valence-corrected chi connectivity index (χ0v) is 49.3. The van der Waals surface area contributed by atoms with E-state index in [9.17, 15) is 25.2 Å². The van der Waals surface area contributed by atoms with Crippen LogP contribution in [0.4, 0.5) is 0 Å². The third-order valence-corrected chi connectivity index (χ3v) is 15.2. The van der Waals surface area contributed by atoms with E-state index in [4.69, 9.17) is 0 Å². The van der Waals surface area contributed by atoms with Crippen molar-refractivity contribution in [2.45, 2.75) is 359 Å². The van der Waals surface area contributed by atoms with E-state index in [1.807, 2.05) is 0 Å². The van der Waals surface area contributed by atoms with Gasteiger partial charge in [0.2, 0.25) is 5.91 Å². The number of unbranched alkanes of at least 4 members (excludes halogenated alkanes) is 41. The Bertz CT molecular complexity index is 1260. The van der Waals surface area contributed by atoms with Crippen LogP contribution in [0.15, 0.2) is 60.8 Å². The molecule has 1 amide bonds. The molecule has 0 bridgehead atoms. The highest BCUT2D eigenvalue weighted by Gasteiger charge is 2.28. The van der Waals surface area contributed by atoms with Gasteiger partial charge in [0.1, 0.15) is 12.2 Å². The second kappa shape index (κ2) is 61.9. The predicted molar refractivity (Wildman–Crippen MR) is 325 cm³/mol. The highest BCUT2D eigenvalue weighted by molar-refractivity contribution is 5.80. The lowest BCUT2D eigenvalue weighted by Crippen LogP contribution is -2.53. The Morgan fingerprint density at radius 3 is 0.932 bits per heavy atom. The fourth-order valence-corrected chi connectivity index (χ4v) is 10.1. The van der Waals surface area contributed by atoms with Crippen molar-refractivity contribution in [3.63, 3.8) is 0 Å². The number of rotatable bonds is 60. The third kappa shape index (κ3) is 54.8. The lowest BCUT2D eigenvalue weighted by Gasteiger charge is -2.27. The molecule has 0 fully saturated rings. The molecule has 0 saturated carbocycles. The average Bonchev–Trinajstić information content (AvgIpc) is 3.41. The first-order chi connectivity index (χ1) is 36.5. The van der Waals surface area contributed by atoms with Gasteiger partial charge >= 0.3 is 0 Å². The molecule has 6 heteroatoms. The molecule has 5 N–H and O–H groups in total. The van der Waals surface area contributed by atoms with Gasteiger partial charge in [-0.2, -0.15) is 0 Å². The van der Waals surface area contributed by atoms with Crippen LogP contribution in [0.25, 0.3) is 0 Å². The van der Waals surface area contributed by atoms with Crippen LogP contribution in [-0.4, -0.2) is 57.3 Å². The maximum Gasteiger partial charge on any atom is 0.249 e. The van der Waals surface area contributed by atoms with Gasteiger partial charge in [-0.15, -0.1) is 0 Å². The van der Waals surface area contributed by atoms with Crippen LogP contribution in [0.3, 0.4) is 0 Å². The van der Waals surface area contributed by atoms with Gasteiger partial charge < -0.3 is 25.7 Å². The molecular weight excluding hydrogens is 911 g/mol. The zero-order valence-electron chi connectivity index (χ0n) is 49.3. The second-order valence-corrected chi connectivity index (χ2v) is 22.4. The van der Waals surface area contributed by atoms with Crippen LogP contribution in [0, 0.1) is 0 Å². The van der Waals surface area contributed by atoms with E-state index in [1.54, 1.807) is 0 Å². The van der Waals surface area contributed by atoms with Gasteiger partial charge in [-0.3, -0.25) is 4.79 Å². The zero-order chi connectivity index (χ0) is 53.7. The largest absolute Gasteiger partial charge is 0.394 e. The summed E-state index contributed by atoms with van der Waals surface area (Å²) in [7, 11) is 0. The Kier molecular flexibility index (Phi) is 60.2. The van der Waals surface area contributed by atoms with E-state index in [1.165, 1.54) is 244 Å². The molecule has 0 saturated heterocycles. The Hall–Kier alpha value is -1.99. The molecule has 434 valence electrons. The Balaban J connectivity index is 3.60. The molecule has 0 aliphatic heterocycles. The van der Waals surface area contributed by atoms with Gasteiger partial charge in [0, 0.05) is 0 Å². The first kappa shape index (κ1) is 72.0. The van der Waals surface area contributed by atoms with Crippen LogP contribution < -0.4 is 5.32 Å². The Labute approximate surface area is 461 Å². The van der Waals surface area contributed by atoms with Gasteiger partial charge in [0.05, 0.1) is 18.8 Å². The summed E-state index contributed by atoms with van der Waals surface area (Å²) in [6.07, 6.45) is 81.9. The van der Waals surface area contributed by atoms with Crippen molar-refractivity contribution in [2.24, 2.45) is 0 Å². The summed E-state index contributed by atoms with van der Waals surface area (Å²) in [5.74, 6) is -0.597. The number of hydrogen-bond donors (Lipinski definition) is 5. The van der Waals surface area contributed by atoms with Crippen LogP contribution in [-0.2, 0) is 4.79 Å². The summed E-state index contributed by atoms with van der Waals surface area (Å²) in [5.41, 5.74) is 0. The number of nitrogens with one attached hydrogen (secondary N) is 1. The highest BCUT2D eigenvalue weighted by atomic mass is 16.3. The quantitative estimate of drug-likeness (QED) is 0.0308. The summed E-state index contributed by atoms with van der Waals surface area (Å²) in [4.78, 5) is 12.6. The van der Waals surface area contributed by atoms with Gasteiger partial charge in [-0.1, -0.05) is 299 Å². The van der Waals surface area contributed by atoms with Crippen LogP contribution in [0.1, 0.15) is 335 Å². The van der Waals surface area contributed by atoms with Crippen molar-refractivity contribution in [3.05, 3.63) is 60.8 Å². The number of carbonyl (C=O) groups excluding carboxylic acids is 1. The average molecular weight is 1040 g/mol. The molecule has 4 unspecified atom stereocenters. The van der Waals surface area contributed by atoms with E-state index in [0.717, 1.165) is 57.8 Å². The van der Waals surface area contributed by atoms with Gasteiger partial charge in [0.15, 0.2) is 0 Å². The number of carbonyl (C=O) groups is 1. The SMILES string of the molecule is CCCCCCCCC/C=C/CC/C=C/CC/C=C/CCCC(O)C(O)C(CO)NC(=O)C(O)CCCCCCCCCCCCCCCCCC/C=C\C/C=C\CCCCCCCCCCCCCCCCC. The second-order valence-electron chi connectivity index (χ2n) is 22.4. The van der Waals surface area contributed by atoms with Crippen LogP contribution in [0.2, 0.25) is 0 Å². The summed E-state index contributed by atoms with van der Waals surface area (Å²) >= 11 is 0. The lowest BCUT2D eigenvalue weighted by molar-refractivity contribution is -0.132. The summed E-state index contributed by atoms with van der Waals surface area (Å²) in [6, 6.07) is -1.01. The number of aliphatic hydroxyl groups is 4. The Morgan fingerprint density at radius 1 is 0.338 bits per heavy atom. The third-order valence-electron chi connectivity index (χ3n) is 15.2. The molecular formula is C68H127NO5. The lowest BCUT2D eigenvalue weighted by atomic mass is 10.00. The molecule has 0 aromatic carbocycles. The normalized spacial score (nSPS) is 14.0. The molecule has 0 spiro atoms. The van der Waals surface area contributed by atoms with Gasteiger partial charge in [-0.25, -0.2) is 0 Å². The maximum atomic E-state index is 12.6. The van der Waals surface area contributed by atoms with Crippen LogP contribution >= 0.6 is 0 Å². The summed E-state index contributed by atoms with van der Waals surface area (Å²) in [6.45, 7) is 4.06. The monoisotopic (exact) mass is 1040 g/mol. The van der Waals surface area contributed by atoms with Crippen molar-refractivity contribution < 1.29 is 25.2 Å². The van der Waals surface area contributed by atoms with E-state index in [0.29, 0.717) is 19.3 Å². The minimum absolute atomic E-state index is 0.358. The fraction of sp³-hybridized carbons (Fsp3) is 0.838. The van der Waals surface area contributed by atoms with E-state index in [-0.39, 0.29) is 0 Å². The molecule has 0 rings (SSSR count). The number of aliphatic hydroxyl groups excluding tert-OH is 4. The molecule has 0 aromatic rings. The molecule has 0 heterocycles. The van der Waals surface area contributed by atoms with Crippen LogP contribution in [0.5, 0.6) is 0 Å². The number of amides is 1. The molecule has 4 atom stereocenters. The fourth-order valence-electron chi connectivity index (χ4n) is 10.1. The van der Waals surface area contributed by atoms with Crippen molar-refractivity contribution in [1.82, 2.24) is 5.32 Å². The smallest absolute Gasteiger partial charge is 0.249 e. The van der Waals surface area contributed by atoms with E-state index in [2.05, 4.69) is 79.9 Å². The summed E-state index contributed by atoms with van der Waals surface area (Å²) < 4.78 is 0. The summed E-state index contributed by atoms with van der Waals surface area (Å²) in [5, 5.41) is 44.0. The standard InChI is InChI=1S/C68H127NO5/c1-3-5-7-9-11-13-15-17-19-21-23-25-26-27-28-29-30-31-32-33-34-35-36-37-38-39-40-41-42-44-46-48-50-52-54-56-58-60-62-66(72)68(74)69-64(63-70)67(73)65(71)61-59-57-55-53-51-49-47-45-43-24-22-20-18-16-14-12-10-8-6-4-2/h20,22,30-31,33-34,45,47,53,55,64-67,70-73H,3-19,21,23-29,32,35-44,46,48-52,54,56-63H2,1-2H3,(H,69,74)/b22-20+,31-30-,34-33-,47-45+,55-53+. The van der Waals surface area contributed by atoms with Crippen molar-refractivity contribution >= 4 is 5.91 Å². The van der Waals surface area contributed by atoms with Crippen molar-refractivity contribution in [2.75, 3.05) is 6.61 Å². The topological polar surface area (TPSA) is 110 Å². The maximum absolute atomic E-state index is 12.6. The minimum atomic E-state index is -1.30. The predicted octanol–water partition coefficient (Wildman–Crippen LogP) is 19.9. The van der Waals surface area contributed by atoms with E-state index < -0.39 is 36.9 Å². The molecule has 0 aromatic heterocycles. The minimum Gasteiger partial charge on any atom is -0.394 e. The molecule has 0 aliphatic rings. The van der Waals surface area contributed by atoms with Gasteiger partial charge in [0.25, 0.3) is 0 Å². The first-order valence-electron chi connectivity index (χ1n) is 32.7. The number of allylic oxidation sites excluding steroid dienone is 10. The molecule has 74 heavy (non-hydrogen) atoms. The molecule has 6 nitrogen and oxygen atoms in total. The highest BCUT2D eigenvalue weighted by Crippen LogP contribution is 2.18. The van der Waals surface area contributed by atoms with Gasteiger partial charge in [-0.05, 0) is 96.3 Å². The number of hydrogen-bond acceptors (Lipinski definition) is 5. The molecule has 0 aliphatic carbocycles. The van der Waals surface area contributed by atoms with Crippen molar-refractivity contribution in [1.29, 1.82) is 0 Å². The van der Waals surface area contributed by atoms with Crippen molar-refractivity contribution in [3.8, 4) is 0 Å².